The van der Waals surface area contributed by atoms with Crippen LogP contribution in [0.2, 0.25) is 0 Å². The Hall–Kier alpha value is -1.26. The van der Waals surface area contributed by atoms with Crippen LogP contribution in [0.25, 0.3) is 0 Å². The SMILES string of the molecule is CN1CCCC(Oc2cccc3c2C[C@H](N)CO3)C1. The summed E-state index contributed by atoms with van der Waals surface area (Å²) >= 11 is 0. The summed E-state index contributed by atoms with van der Waals surface area (Å²) in [4.78, 5) is 2.33. The molecule has 1 aromatic carbocycles. The number of likely N-dealkylation sites (tertiary alicyclic amines) is 1. The molecule has 1 fully saturated rings. The molecule has 3 rings (SSSR count). The molecule has 2 aliphatic rings. The second-order valence-corrected chi connectivity index (χ2v) is 5.65. The lowest BCUT2D eigenvalue weighted by Gasteiger charge is -2.32. The number of piperidine rings is 1. The van der Waals surface area contributed by atoms with Gasteiger partial charge in [-0.15, -0.1) is 0 Å². The summed E-state index contributed by atoms with van der Waals surface area (Å²) < 4.78 is 11.9. The van der Waals surface area contributed by atoms with Gasteiger partial charge in [-0.05, 0) is 45.0 Å². The van der Waals surface area contributed by atoms with Gasteiger partial charge in [-0.1, -0.05) is 6.07 Å². The van der Waals surface area contributed by atoms with Crippen molar-refractivity contribution in [1.82, 2.24) is 4.90 Å². The fraction of sp³-hybridized carbons (Fsp3) is 0.600. The van der Waals surface area contributed by atoms with E-state index in [4.69, 9.17) is 15.2 Å². The average Bonchev–Trinajstić information content (AvgIpc) is 2.39. The first-order valence-corrected chi connectivity index (χ1v) is 7.08. The van der Waals surface area contributed by atoms with Crippen molar-refractivity contribution < 1.29 is 9.47 Å². The van der Waals surface area contributed by atoms with Crippen molar-refractivity contribution in [1.29, 1.82) is 0 Å². The molecule has 1 saturated heterocycles. The summed E-state index contributed by atoms with van der Waals surface area (Å²) in [5.74, 6) is 1.89. The maximum absolute atomic E-state index is 6.20. The molecule has 4 nitrogen and oxygen atoms in total. The van der Waals surface area contributed by atoms with Crippen LogP contribution in [0.15, 0.2) is 18.2 Å². The Kier molecular flexibility index (Phi) is 3.62. The second-order valence-electron chi connectivity index (χ2n) is 5.65. The number of benzene rings is 1. The Bertz CT molecular complexity index is 450. The van der Waals surface area contributed by atoms with Crippen molar-refractivity contribution >= 4 is 0 Å². The lowest BCUT2D eigenvalue weighted by Crippen LogP contribution is -2.39. The molecule has 19 heavy (non-hydrogen) atoms. The van der Waals surface area contributed by atoms with Gasteiger partial charge in [0.15, 0.2) is 0 Å². The lowest BCUT2D eigenvalue weighted by molar-refractivity contribution is 0.102. The molecule has 2 heterocycles. The first-order chi connectivity index (χ1) is 9.22. The smallest absolute Gasteiger partial charge is 0.126 e. The lowest BCUT2D eigenvalue weighted by atomic mass is 10.0. The third-order valence-electron chi connectivity index (χ3n) is 3.88. The Morgan fingerprint density at radius 1 is 1.42 bits per heavy atom. The van der Waals surface area contributed by atoms with E-state index < -0.39 is 0 Å². The molecule has 0 aliphatic carbocycles. The number of likely N-dealkylation sites (N-methyl/N-ethyl adjacent to an activating group) is 1. The van der Waals surface area contributed by atoms with E-state index in [0.29, 0.717) is 6.61 Å². The summed E-state index contributed by atoms with van der Waals surface area (Å²) in [5.41, 5.74) is 7.12. The largest absolute Gasteiger partial charge is 0.492 e. The molecule has 2 atom stereocenters. The maximum Gasteiger partial charge on any atom is 0.126 e. The van der Waals surface area contributed by atoms with Crippen LogP contribution in [-0.2, 0) is 6.42 Å². The zero-order valence-corrected chi connectivity index (χ0v) is 11.5. The molecule has 1 aromatic rings. The van der Waals surface area contributed by atoms with E-state index in [1.165, 1.54) is 13.0 Å². The summed E-state index contributed by atoms with van der Waals surface area (Å²) in [5, 5.41) is 0. The number of hydrogen-bond acceptors (Lipinski definition) is 4. The van der Waals surface area contributed by atoms with E-state index in [2.05, 4.69) is 11.9 Å². The van der Waals surface area contributed by atoms with E-state index >= 15 is 0 Å². The zero-order valence-electron chi connectivity index (χ0n) is 11.5. The summed E-state index contributed by atoms with van der Waals surface area (Å²) in [6.07, 6.45) is 3.45. The highest BCUT2D eigenvalue weighted by molar-refractivity contribution is 5.46. The highest BCUT2D eigenvalue weighted by Gasteiger charge is 2.24. The molecule has 2 aliphatic heterocycles. The molecule has 0 radical (unpaired) electrons. The number of nitrogens with zero attached hydrogens (tertiary/aromatic N) is 1. The van der Waals surface area contributed by atoms with E-state index in [1.807, 2.05) is 18.2 Å². The first-order valence-electron chi connectivity index (χ1n) is 7.08. The second kappa shape index (κ2) is 5.39. The molecule has 2 N–H and O–H groups in total. The van der Waals surface area contributed by atoms with Crippen molar-refractivity contribution in [3.8, 4) is 11.5 Å². The van der Waals surface area contributed by atoms with Gasteiger partial charge in [0, 0.05) is 18.2 Å². The van der Waals surface area contributed by atoms with Crippen LogP contribution in [0.3, 0.4) is 0 Å². The van der Waals surface area contributed by atoms with Crippen molar-refractivity contribution in [2.24, 2.45) is 5.73 Å². The van der Waals surface area contributed by atoms with Crippen molar-refractivity contribution in [2.45, 2.75) is 31.4 Å². The Balaban J connectivity index is 1.77. The minimum absolute atomic E-state index is 0.0753. The number of ether oxygens (including phenoxy) is 2. The van der Waals surface area contributed by atoms with Gasteiger partial charge in [0.1, 0.15) is 24.2 Å². The maximum atomic E-state index is 6.20. The number of nitrogens with two attached hydrogens (primary N) is 1. The topological polar surface area (TPSA) is 47.7 Å². The number of fused-ring (bicyclic) bond motifs is 1. The quantitative estimate of drug-likeness (QED) is 0.875. The third-order valence-corrected chi connectivity index (χ3v) is 3.88. The van der Waals surface area contributed by atoms with Crippen molar-refractivity contribution in [3.63, 3.8) is 0 Å². The highest BCUT2D eigenvalue weighted by atomic mass is 16.5. The summed E-state index contributed by atoms with van der Waals surface area (Å²) in [6.45, 7) is 2.76. The Morgan fingerprint density at radius 3 is 3.16 bits per heavy atom. The summed E-state index contributed by atoms with van der Waals surface area (Å²) in [7, 11) is 2.15. The predicted octanol–water partition coefficient (Wildman–Crippen LogP) is 1.42. The minimum atomic E-state index is 0.0753. The van der Waals surface area contributed by atoms with Crippen LogP contribution in [0.1, 0.15) is 18.4 Å². The first kappa shape index (κ1) is 12.8. The van der Waals surface area contributed by atoms with Gasteiger partial charge in [0.05, 0.1) is 0 Å². The van der Waals surface area contributed by atoms with Crippen LogP contribution in [-0.4, -0.2) is 43.8 Å². The van der Waals surface area contributed by atoms with E-state index in [-0.39, 0.29) is 12.1 Å². The Morgan fingerprint density at radius 2 is 2.32 bits per heavy atom. The molecule has 4 heteroatoms. The standard InChI is InChI=1S/C15H22N2O2/c1-17-7-3-4-12(9-17)19-15-6-2-5-14-13(15)8-11(16)10-18-14/h2,5-6,11-12H,3-4,7-10,16H2,1H3/t11-,12?/m0/s1. The zero-order chi connectivity index (χ0) is 13.2. The molecule has 0 spiro atoms. The molecular formula is C15H22N2O2. The van der Waals surface area contributed by atoms with Crippen molar-refractivity contribution in [3.05, 3.63) is 23.8 Å². The van der Waals surface area contributed by atoms with E-state index in [0.717, 1.165) is 36.4 Å². The van der Waals surface area contributed by atoms with Gasteiger partial charge in [-0.2, -0.15) is 0 Å². The van der Waals surface area contributed by atoms with Gasteiger partial charge in [0.25, 0.3) is 0 Å². The van der Waals surface area contributed by atoms with Crippen LogP contribution in [0.4, 0.5) is 0 Å². The molecular weight excluding hydrogens is 240 g/mol. The van der Waals surface area contributed by atoms with Gasteiger partial charge in [-0.25, -0.2) is 0 Å². The van der Waals surface area contributed by atoms with Gasteiger partial charge in [-0.3, -0.25) is 0 Å². The number of rotatable bonds is 2. The van der Waals surface area contributed by atoms with E-state index in [1.54, 1.807) is 0 Å². The van der Waals surface area contributed by atoms with E-state index in [9.17, 15) is 0 Å². The molecule has 104 valence electrons. The fourth-order valence-electron chi connectivity index (χ4n) is 2.91. The highest BCUT2D eigenvalue weighted by Crippen LogP contribution is 2.33. The molecule has 0 saturated carbocycles. The predicted molar refractivity (Wildman–Crippen MR) is 74.8 cm³/mol. The van der Waals surface area contributed by atoms with Gasteiger partial charge in [0.2, 0.25) is 0 Å². The minimum Gasteiger partial charge on any atom is -0.492 e. The van der Waals surface area contributed by atoms with Crippen LogP contribution in [0, 0.1) is 0 Å². The third kappa shape index (κ3) is 2.85. The van der Waals surface area contributed by atoms with Crippen LogP contribution < -0.4 is 15.2 Å². The van der Waals surface area contributed by atoms with Gasteiger partial charge < -0.3 is 20.1 Å². The molecule has 0 amide bonds. The monoisotopic (exact) mass is 262 g/mol. The van der Waals surface area contributed by atoms with Crippen LogP contribution in [0.5, 0.6) is 11.5 Å². The van der Waals surface area contributed by atoms with Crippen LogP contribution >= 0.6 is 0 Å². The molecule has 1 unspecified atom stereocenters. The normalized spacial score (nSPS) is 27.5. The molecule has 0 aromatic heterocycles. The van der Waals surface area contributed by atoms with Gasteiger partial charge >= 0.3 is 0 Å². The number of hydrogen-bond donors (Lipinski definition) is 1. The average molecular weight is 262 g/mol. The molecule has 0 bridgehead atoms. The van der Waals surface area contributed by atoms with Crippen molar-refractivity contribution in [2.75, 3.05) is 26.7 Å². The fourth-order valence-corrected chi connectivity index (χ4v) is 2.91. The summed E-state index contributed by atoms with van der Waals surface area (Å²) in [6, 6.07) is 6.11. The Labute approximate surface area is 114 Å².